The maximum absolute atomic E-state index is 11.4. The summed E-state index contributed by atoms with van der Waals surface area (Å²) in [4.78, 5) is 13.6. The first kappa shape index (κ1) is 12.6. The van der Waals surface area contributed by atoms with Gasteiger partial charge in [0, 0.05) is 12.6 Å². The van der Waals surface area contributed by atoms with Crippen LogP contribution in [-0.4, -0.2) is 28.1 Å². The van der Waals surface area contributed by atoms with Crippen LogP contribution in [-0.2, 0) is 11.3 Å². The van der Waals surface area contributed by atoms with Gasteiger partial charge in [-0.3, -0.25) is 9.69 Å². The number of thiophene rings is 1. The van der Waals surface area contributed by atoms with Gasteiger partial charge in [0.05, 0.1) is 0 Å². The standard InChI is InChI=1S/C13H19NO2S/c1-9(2)12(13(15)16)14(11-3-4-11)7-10-5-6-17-8-10/h5-6,8-9,11-12H,3-4,7H2,1-2H3,(H,15,16). The summed E-state index contributed by atoms with van der Waals surface area (Å²) in [5.41, 5.74) is 1.23. The Hall–Kier alpha value is -0.870. The van der Waals surface area contributed by atoms with E-state index in [0.29, 0.717) is 6.04 Å². The molecule has 1 aliphatic rings. The van der Waals surface area contributed by atoms with Gasteiger partial charge < -0.3 is 5.11 Å². The van der Waals surface area contributed by atoms with Crippen LogP contribution in [0.2, 0.25) is 0 Å². The predicted octanol–water partition coefficient (Wildman–Crippen LogP) is 2.82. The van der Waals surface area contributed by atoms with Crippen molar-refractivity contribution >= 4 is 17.3 Å². The molecule has 0 aromatic carbocycles. The summed E-state index contributed by atoms with van der Waals surface area (Å²) in [7, 11) is 0. The summed E-state index contributed by atoms with van der Waals surface area (Å²) in [5.74, 6) is -0.547. The predicted molar refractivity (Wildman–Crippen MR) is 69.1 cm³/mol. The molecule has 0 saturated heterocycles. The molecule has 0 aliphatic heterocycles. The average molecular weight is 253 g/mol. The van der Waals surface area contributed by atoms with Gasteiger partial charge in [0.15, 0.2) is 0 Å². The van der Waals surface area contributed by atoms with E-state index in [4.69, 9.17) is 0 Å². The van der Waals surface area contributed by atoms with Gasteiger partial charge in [0.2, 0.25) is 0 Å². The minimum atomic E-state index is -0.692. The molecule has 2 rings (SSSR count). The molecule has 1 unspecified atom stereocenters. The van der Waals surface area contributed by atoms with Gasteiger partial charge in [-0.25, -0.2) is 0 Å². The third kappa shape index (κ3) is 3.07. The summed E-state index contributed by atoms with van der Waals surface area (Å²) >= 11 is 1.67. The highest BCUT2D eigenvalue weighted by Gasteiger charge is 2.38. The zero-order valence-corrected chi connectivity index (χ0v) is 11.1. The van der Waals surface area contributed by atoms with Crippen molar-refractivity contribution in [1.29, 1.82) is 0 Å². The van der Waals surface area contributed by atoms with Gasteiger partial charge in [-0.15, -0.1) is 0 Å². The molecule has 94 valence electrons. The van der Waals surface area contributed by atoms with Gasteiger partial charge in [-0.2, -0.15) is 11.3 Å². The minimum Gasteiger partial charge on any atom is -0.480 e. The van der Waals surface area contributed by atoms with Gasteiger partial charge in [-0.1, -0.05) is 13.8 Å². The fourth-order valence-corrected chi connectivity index (χ4v) is 2.92. The van der Waals surface area contributed by atoms with Crippen molar-refractivity contribution in [3.63, 3.8) is 0 Å². The lowest BCUT2D eigenvalue weighted by molar-refractivity contribution is -0.145. The molecule has 3 nitrogen and oxygen atoms in total. The molecule has 1 fully saturated rings. The van der Waals surface area contributed by atoms with Crippen LogP contribution in [0.5, 0.6) is 0 Å². The highest BCUT2D eigenvalue weighted by atomic mass is 32.1. The SMILES string of the molecule is CC(C)C(C(=O)O)N(Cc1ccsc1)C1CC1. The fourth-order valence-electron chi connectivity index (χ4n) is 2.26. The Morgan fingerprint density at radius 2 is 2.29 bits per heavy atom. The molecule has 0 spiro atoms. The summed E-state index contributed by atoms with van der Waals surface area (Å²) < 4.78 is 0. The second-order valence-corrected chi connectivity index (χ2v) is 5.84. The van der Waals surface area contributed by atoms with Crippen molar-refractivity contribution in [2.45, 2.75) is 45.3 Å². The van der Waals surface area contributed by atoms with Crippen molar-refractivity contribution in [1.82, 2.24) is 4.90 Å². The second kappa shape index (κ2) is 5.19. The monoisotopic (exact) mass is 253 g/mol. The Kier molecular flexibility index (Phi) is 3.84. The normalized spacial score (nSPS) is 17.6. The van der Waals surface area contributed by atoms with Gasteiger partial charge in [0.25, 0.3) is 0 Å². The van der Waals surface area contributed by atoms with Crippen LogP contribution in [0.1, 0.15) is 32.3 Å². The smallest absolute Gasteiger partial charge is 0.321 e. The molecule has 0 amide bonds. The number of hydrogen-bond donors (Lipinski definition) is 1. The summed E-state index contributed by atoms with van der Waals surface area (Å²) in [5, 5.41) is 13.5. The van der Waals surface area contributed by atoms with Gasteiger partial charge in [0.1, 0.15) is 6.04 Å². The van der Waals surface area contributed by atoms with Crippen molar-refractivity contribution < 1.29 is 9.90 Å². The molecule has 1 saturated carbocycles. The molecule has 17 heavy (non-hydrogen) atoms. The quantitative estimate of drug-likeness (QED) is 0.847. The Balaban J connectivity index is 2.12. The van der Waals surface area contributed by atoms with Gasteiger partial charge >= 0.3 is 5.97 Å². The largest absolute Gasteiger partial charge is 0.480 e. The van der Waals surface area contributed by atoms with Crippen LogP contribution in [0.4, 0.5) is 0 Å². The number of rotatable bonds is 6. The van der Waals surface area contributed by atoms with E-state index in [2.05, 4.69) is 16.3 Å². The second-order valence-electron chi connectivity index (χ2n) is 5.06. The number of carboxylic acid groups (broad SMARTS) is 1. The Morgan fingerprint density at radius 3 is 2.71 bits per heavy atom. The summed E-state index contributed by atoms with van der Waals surface area (Å²) in [6.45, 7) is 4.74. The molecule has 1 aromatic heterocycles. The Bertz CT molecular complexity index is 371. The van der Waals surface area contributed by atoms with Crippen LogP contribution >= 0.6 is 11.3 Å². The van der Waals surface area contributed by atoms with E-state index in [1.54, 1.807) is 11.3 Å². The van der Waals surface area contributed by atoms with Crippen LogP contribution in [0, 0.1) is 5.92 Å². The molecule has 0 radical (unpaired) electrons. The van der Waals surface area contributed by atoms with Crippen LogP contribution < -0.4 is 0 Å². The number of nitrogens with zero attached hydrogens (tertiary/aromatic N) is 1. The molecule has 4 heteroatoms. The lowest BCUT2D eigenvalue weighted by Crippen LogP contribution is -2.45. The number of hydrogen-bond acceptors (Lipinski definition) is 3. The first-order valence-electron chi connectivity index (χ1n) is 6.09. The zero-order valence-electron chi connectivity index (χ0n) is 10.3. The molecule has 1 aromatic rings. The van der Waals surface area contributed by atoms with E-state index in [1.165, 1.54) is 5.56 Å². The number of carboxylic acids is 1. The molecule has 1 aliphatic carbocycles. The van der Waals surface area contributed by atoms with Gasteiger partial charge in [-0.05, 0) is 41.1 Å². The van der Waals surface area contributed by atoms with Crippen molar-refractivity contribution in [2.24, 2.45) is 5.92 Å². The lowest BCUT2D eigenvalue weighted by Gasteiger charge is -2.31. The Morgan fingerprint density at radius 1 is 1.59 bits per heavy atom. The third-order valence-corrected chi connectivity index (χ3v) is 3.93. The van der Waals surface area contributed by atoms with Crippen LogP contribution in [0.25, 0.3) is 0 Å². The highest BCUT2D eigenvalue weighted by molar-refractivity contribution is 7.07. The first-order chi connectivity index (χ1) is 8.09. The van der Waals surface area contributed by atoms with Crippen molar-refractivity contribution in [2.75, 3.05) is 0 Å². The number of carbonyl (C=O) groups is 1. The van der Waals surface area contributed by atoms with E-state index in [9.17, 15) is 9.90 Å². The molecule has 1 heterocycles. The summed E-state index contributed by atoms with van der Waals surface area (Å²) in [6, 6.07) is 2.19. The minimum absolute atomic E-state index is 0.145. The van der Waals surface area contributed by atoms with Crippen LogP contribution in [0.15, 0.2) is 16.8 Å². The molecule has 1 atom stereocenters. The average Bonchev–Trinajstić information content (AvgIpc) is 2.96. The zero-order chi connectivity index (χ0) is 12.4. The molecular formula is C13H19NO2S. The Labute approximate surface area is 106 Å². The van der Waals surface area contributed by atoms with E-state index in [-0.39, 0.29) is 12.0 Å². The van der Waals surface area contributed by atoms with Crippen molar-refractivity contribution in [3.05, 3.63) is 22.4 Å². The highest BCUT2D eigenvalue weighted by Crippen LogP contribution is 2.32. The summed E-state index contributed by atoms with van der Waals surface area (Å²) in [6.07, 6.45) is 2.28. The maximum Gasteiger partial charge on any atom is 0.321 e. The third-order valence-electron chi connectivity index (χ3n) is 3.20. The maximum atomic E-state index is 11.4. The van der Waals surface area contributed by atoms with E-state index in [0.717, 1.165) is 19.4 Å². The van der Waals surface area contributed by atoms with E-state index < -0.39 is 5.97 Å². The van der Waals surface area contributed by atoms with Crippen molar-refractivity contribution in [3.8, 4) is 0 Å². The fraction of sp³-hybridized carbons (Fsp3) is 0.615. The molecule has 1 N–H and O–H groups in total. The van der Waals surface area contributed by atoms with E-state index in [1.807, 2.05) is 19.2 Å². The van der Waals surface area contributed by atoms with Crippen LogP contribution in [0.3, 0.4) is 0 Å². The number of aliphatic carboxylic acids is 1. The molecule has 0 bridgehead atoms. The van der Waals surface area contributed by atoms with E-state index >= 15 is 0 Å². The molecular weight excluding hydrogens is 234 g/mol. The lowest BCUT2D eigenvalue weighted by atomic mass is 10.0. The topological polar surface area (TPSA) is 40.5 Å². The first-order valence-corrected chi connectivity index (χ1v) is 7.03.